The Kier molecular flexibility index (Phi) is 2.40. The highest BCUT2D eigenvalue weighted by Gasteiger charge is 1.93. The molecule has 11 heavy (non-hydrogen) atoms. The van der Waals surface area contributed by atoms with Gasteiger partial charge in [-0.05, 0) is 17.7 Å². The molecule has 0 aliphatic carbocycles. The highest BCUT2D eigenvalue weighted by Crippen LogP contribution is 2.03. The van der Waals surface area contributed by atoms with Gasteiger partial charge in [-0.3, -0.25) is 4.79 Å². The summed E-state index contributed by atoms with van der Waals surface area (Å²) in [5.74, 6) is 0. The van der Waals surface area contributed by atoms with Crippen LogP contribution in [-0.2, 0) is 11.2 Å². The van der Waals surface area contributed by atoms with E-state index >= 15 is 0 Å². The van der Waals surface area contributed by atoms with Crippen molar-refractivity contribution in [3.05, 3.63) is 35.4 Å². The normalized spacial score (nSPS) is 8.64. The number of hydrogen-bond acceptors (Lipinski definition) is 2. The van der Waals surface area contributed by atoms with Crippen LogP contribution in [0, 0.1) is 11.3 Å². The lowest BCUT2D eigenvalue weighted by Crippen LogP contribution is -1.85. The first-order valence-electron chi connectivity index (χ1n) is 3.21. The van der Waals surface area contributed by atoms with Gasteiger partial charge in [-0.1, -0.05) is 12.1 Å². The molecular formula is C9H6NO. The maximum absolute atomic E-state index is 9.97. The highest BCUT2D eigenvalue weighted by atomic mass is 16.1. The lowest BCUT2D eigenvalue weighted by molar-refractivity contribution is 0.555. The first-order valence-corrected chi connectivity index (χ1v) is 3.21. The van der Waals surface area contributed by atoms with Crippen molar-refractivity contribution >= 4 is 6.29 Å². The Labute approximate surface area is 65.1 Å². The van der Waals surface area contributed by atoms with Crippen molar-refractivity contribution in [3.63, 3.8) is 0 Å². The van der Waals surface area contributed by atoms with Crippen LogP contribution in [0.2, 0.25) is 0 Å². The summed E-state index contributed by atoms with van der Waals surface area (Å²) < 4.78 is 0. The van der Waals surface area contributed by atoms with E-state index < -0.39 is 0 Å². The zero-order chi connectivity index (χ0) is 8.10. The van der Waals surface area contributed by atoms with E-state index in [0.717, 1.165) is 5.56 Å². The molecule has 0 heterocycles. The third-order valence-electron chi connectivity index (χ3n) is 1.33. The van der Waals surface area contributed by atoms with Crippen molar-refractivity contribution < 1.29 is 4.79 Å². The molecule has 0 saturated heterocycles. The molecule has 0 unspecified atom stereocenters. The van der Waals surface area contributed by atoms with E-state index in [0.29, 0.717) is 5.56 Å². The van der Waals surface area contributed by atoms with Gasteiger partial charge in [0.1, 0.15) is 0 Å². The Hall–Kier alpha value is -1.62. The molecular weight excluding hydrogens is 138 g/mol. The van der Waals surface area contributed by atoms with Crippen LogP contribution in [0.25, 0.3) is 0 Å². The van der Waals surface area contributed by atoms with E-state index in [1.165, 1.54) is 0 Å². The van der Waals surface area contributed by atoms with Gasteiger partial charge >= 0.3 is 0 Å². The van der Waals surface area contributed by atoms with Crippen molar-refractivity contribution in [2.75, 3.05) is 0 Å². The number of nitrogens with zero attached hydrogens (tertiary/aromatic N) is 1. The lowest BCUT2D eigenvalue weighted by atomic mass is 10.1. The molecule has 0 saturated carbocycles. The fourth-order valence-electron chi connectivity index (χ4n) is 0.834. The Bertz CT molecular complexity index is 299. The molecule has 0 amide bonds. The average molecular weight is 144 g/mol. The Morgan fingerprint density at radius 1 is 1.45 bits per heavy atom. The quantitative estimate of drug-likeness (QED) is 0.626. The maximum atomic E-state index is 9.97. The number of carbonyl (C=O) groups excluding carboxylic acids is 1. The summed E-state index contributed by atoms with van der Waals surface area (Å²) in [6.45, 7) is 0. The third kappa shape index (κ3) is 1.91. The molecule has 1 radical (unpaired) electrons. The zero-order valence-corrected chi connectivity index (χ0v) is 5.87. The third-order valence-corrected chi connectivity index (χ3v) is 1.33. The molecule has 0 aliphatic rings. The summed E-state index contributed by atoms with van der Waals surface area (Å²) in [4.78, 5) is 9.97. The second-order valence-electron chi connectivity index (χ2n) is 2.13. The summed E-state index contributed by atoms with van der Waals surface area (Å²) in [5, 5.41) is 8.48. The minimum atomic E-state index is 0.259. The molecule has 0 atom stereocenters. The lowest BCUT2D eigenvalue weighted by Gasteiger charge is -1.92. The molecule has 2 heteroatoms. The molecule has 0 spiro atoms. The van der Waals surface area contributed by atoms with Crippen LogP contribution < -0.4 is 0 Å². The van der Waals surface area contributed by atoms with Crippen LogP contribution in [0.3, 0.4) is 0 Å². The summed E-state index contributed by atoms with van der Waals surface area (Å²) in [6, 6.07) is 8.94. The summed E-state index contributed by atoms with van der Waals surface area (Å²) in [7, 11) is 0. The molecule has 0 fully saturated rings. The van der Waals surface area contributed by atoms with Crippen LogP contribution >= 0.6 is 0 Å². The standard InChI is InChI=1S/C9H6NO/c10-7-9-3-1-2-8(6-9)4-5-11/h1-3,6H,4H2. The van der Waals surface area contributed by atoms with Gasteiger partial charge in [0.2, 0.25) is 6.29 Å². The average Bonchev–Trinajstić information content (AvgIpc) is 2.06. The number of rotatable bonds is 2. The monoisotopic (exact) mass is 144 g/mol. The van der Waals surface area contributed by atoms with E-state index in [4.69, 9.17) is 5.26 Å². The van der Waals surface area contributed by atoms with Crippen LogP contribution in [-0.4, -0.2) is 6.29 Å². The van der Waals surface area contributed by atoms with E-state index in [-0.39, 0.29) is 6.42 Å². The fourth-order valence-corrected chi connectivity index (χ4v) is 0.834. The van der Waals surface area contributed by atoms with Gasteiger partial charge < -0.3 is 0 Å². The first kappa shape index (κ1) is 7.49. The molecule has 53 valence electrons. The van der Waals surface area contributed by atoms with Crippen molar-refractivity contribution in [2.45, 2.75) is 6.42 Å². The largest absolute Gasteiger partial charge is 0.291 e. The minimum Gasteiger partial charge on any atom is -0.291 e. The minimum absolute atomic E-state index is 0.259. The SMILES string of the molecule is N#Cc1cccc(C[C]=O)c1. The van der Waals surface area contributed by atoms with Crippen LogP contribution in [0.4, 0.5) is 0 Å². The predicted octanol–water partition coefficient (Wildman–Crippen LogP) is 1.21. The van der Waals surface area contributed by atoms with Gasteiger partial charge in [-0.2, -0.15) is 5.26 Å². The maximum Gasteiger partial charge on any atom is 0.203 e. The van der Waals surface area contributed by atoms with E-state index in [1.54, 1.807) is 30.6 Å². The first-order chi connectivity index (χ1) is 5.36. The van der Waals surface area contributed by atoms with Gasteiger partial charge in [-0.15, -0.1) is 0 Å². The molecule has 1 aromatic rings. The molecule has 0 N–H and O–H groups in total. The zero-order valence-electron chi connectivity index (χ0n) is 5.87. The summed E-state index contributed by atoms with van der Waals surface area (Å²) in [5.41, 5.74) is 1.41. The second kappa shape index (κ2) is 3.52. The van der Waals surface area contributed by atoms with Gasteiger partial charge in [0, 0.05) is 6.42 Å². The van der Waals surface area contributed by atoms with Crippen molar-refractivity contribution in [1.29, 1.82) is 5.26 Å². The molecule has 0 aromatic heterocycles. The second-order valence-corrected chi connectivity index (χ2v) is 2.13. The van der Waals surface area contributed by atoms with Crippen LogP contribution in [0.15, 0.2) is 24.3 Å². The van der Waals surface area contributed by atoms with Gasteiger partial charge in [-0.25, -0.2) is 0 Å². The van der Waals surface area contributed by atoms with Crippen LogP contribution in [0.5, 0.6) is 0 Å². The predicted molar refractivity (Wildman–Crippen MR) is 40.6 cm³/mol. The summed E-state index contributed by atoms with van der Waals surface area (Å²) >= 11 is 0. The molecule has 1 rings (SSSR count). The number of hydrogen-bond donors (Lipinski definition) is 0. The topological polar surface area (TPSA) is 40.9 Å². The van der Waals surface area contributed by atoms with Gasteiger partial charge in [0.05, 0.1) is 11.6 Å². The highest BCUT2D eigenvalue weighted by molar-refractivity contribution is 5.56. The van der Waals surface area contributed by atoms with Crippen molar-refractivity contribution in [3.8, 4) is 6.07 Å². The smallest absolute Gasteiger partial charge is 0.203 e. The Morgan fingerprint density at radius 3 is 2.91 bits per heavy atom. The van der Waals surface area contributed by atoms with Gasteiger partial charge in [0.25, 0.3) is 0 Å². The summed E-state index contributed by atoms with van der Waals surface area (Å²) in [6.07, 6.45) is 2.04. The molecule has 1 aromatic carbocycles. The van der Waals surface area contributed by atoms with Crippen molar-refractivity contribution in [2.24, 2.45) is 0 Å². The van der Waals surface area contributed by atoms with Crippen molar-refractivity contribution in [1.82, 2.24) is 0 Å². The number of benzene rings is 1. The molecule has 0 bridgehead atoms. The van der Waals surface area contributed by atoms with Crippen LogP contribution in [0.1, 0.15) is 11.1 Å². The number of nitriles is 1. The fraction of sp³-hybridized carbons (Fsp3) is 0.111. The Morgan fingerprint density at radius 2 is 2.27 bits per heavy atom. The Balaban J connectivity index is 2.93. The van der Waals surface area contributed by atoms with E-state index in [1.807, 2.05) is 6.07 Å². The van der Waals surface area contributed by atoms with E-state index in [2.05, 4.69) is 0 Å². The van der Waals surface area contributed by atoms with E-state index in [9.17, 15) is 4.79 Å². The molecule has 2 nitrogen and oxygen atoms in total. The van der Waals surface area contributed by atoms with Gasteiger partial charge in [0.15, 0.2) is 0 Å². The molecule has 0 aliphatic heterocycles.